The first kappa shape index (κ1) is 20.0. The van der Waals surface area contributed by atoms with Gasteiger partial charge in [0, 0.05) is 6.42 Å². The van der Waals surface area contributed by atoms with Gasteiger partial charge in [-0.1, -0.05) is 72.6 Å². The molecule has 22 heavy (non-hydrogen) atoms. The van der Waals surface area contributed by atoms with Crippen molar-refractivity contribution < 1.29 is 9.47 Å². The van der Waals surface area contributed by atoms with Crippen molar-refractivity contribution in [2.24, 2.45) is 17.8 Å². The van der Waals surface area contributed by atoms with Gasteiger partial charge in [0.15, 0.2) is 5.79 Å². The summed E-state index contributed by atoms with van der Waals surface area (Å²) in [5.41, 5.74) is 0. The standard InChI is InChI=1S/C20H40O2/c1-17(2)9-6-10-18(3)11-7-12-19(4)13-8-14-20(5)21-15-16-22-20/h17-19H,6-16H2,1-5H3. The van der Waals surface area contributed by atoms with Crippen LogP contribution in [0, 0.1) is 17.8 Å². The molecule has 2 nitrogen and oxygen atoms in total. The summed E-state index contributed by atoms with van der Waals surface area (Å²) in [5.74, 6) is 2.32. The third-order valence-corrected chi connectivity index (χ3v) is 5.10. The maximum absolute atomic E-state index is 5.67. The molecule has 1 fully saturated rings. The Kier molecular flexibility index (Phi) is 9.66. The van der Waals surface area contributed by atoms with Crippen LogP contribution < -0.4 is 0 Å². The zero-order valence-corrected chi connectivity index (χ0v) is 15.8. The zero-order valence-electron chi connectivity index (χ0n) is 15.8. The Hall–Kier alpha value is -0.0800. The molecular formula is C20H40O2. The maximum Gasteiger partial charge on any atom is 0.165 e. The van der Waals surface area contributed by atoms with Gasteiger partial charge in [-0.2, -0.15) is 0 Å². The van der Waals surface area contributed by atoms with Crippen LogP contribution in [-0.2, 0) is 9.47 Å². The molecule has 0 aromatic carbocycles. The SMILES string of the molecule is CC(C)CCCC(C)CCCC(C)CCCC1(C)OCCO1. The Morgan fingerprint density at radius 3 is 1.68 bits per heavy atom. The van der Waals surface area contributed by atoms with Crippen molar-refractivity contribution >= 4 is 0 Å². The van der Waals surface area contributed by atoms with E-state index in [1.807, 2.05) is 0 Å². The summed E-state index contributed by atoms with van der Waals surface area (Å²) in [6, 6.07) is 0. The van der Waals surface area contributed by atoms with Gasteiger partial charge in [0.05, 0.1) is 13.2 Å². The Labute approximate surface area is 139 Å². The summed E-state index contributed by atoms with van der Waals surface area (Å²) in [6.45, 7) is 13.1. The highest BCUT2D eigenvalue weighted by molar-refractivity contribution is 4.69. The van der Waals surface area contributed by atoms with E-state index in [1.165, 1.54) is 51.4 Å². The first-order chi connectivity index (χ1) is 10.4. The second-order valence-corrected chi connectivity index (χ2v) is 8.19. The Morgan fingerprint density at radius 2 is 1.18 bits per heavy atom. The third-order valence-electron chi connectivity index (χ3n) is 5.10. The molecule has 1 rings (SSSR count). The van der Waals surface area contributed by atoms with E-state index in [2.05, 4.69) is 34.6 Å². The minimum Gasteiger partial charge on any atom is -0.348 e. The van der Waals surface area contributed by atoms with Crippen LogP contribution in [0.25, 0.3) is 0 Å². The van der Waals surface area contributed by atoms with Gasteiger partial charge in [-0.15, -0.1) is 0 Å². The topological polar surface area (TPSA) is 18.5 Å². The summed E-state index contributed by atoms with van der Waals surface area (Å²) in [7, 11) is 0. The van der Waals surface area contributed by atoms with E-state index in [-0.39, 0.29) is 5.79 Å². The van der Waals surface area contributed by atoms with E-state index in [0.717, 1.165) is 37.4 Å². The molecule has 0 aromatic rings. The number of rotatable bonds is 12. The van der Waals surface area contributed by atoms with Gasteiger partial charge in [0.1, 0.15) is 0 Å². The van der Waals surface area contributed by atoms with E-state index in [9.17, 15) is 0 Å². The predicted octanol–water partition coefficient (Wildman–Crippen LogP) is 6.19. The fourth-order valence-corrected chi connectivity index (χ4v) is 3.45. The molecule has 0 aromatic heterocycles. The Morgan fingerprint density at radius 1 is 0.727 bits per heavy atom. The Bertz CT molecular complexity index is 269. The second-order valence-electron chi connectivity index (χ2n) is 8.19. The van der Waals surface area contributed by atoms with Crippen molar-refractivity contribution in [3.05, 3.63) is 0 Å². The van der Waals surface area contributed by atoms with Crippen molar-refractivity contribution in [1.29, 1.82) is 0 Å². The smallest absolute Gasteiger partial charge is 0.165 e. The molecule has 0 N–H and O–H groups in total. The molecule has 2 atom stereocenters. The summed E-state index contributed by atoms with van der Waals surface area (Å²) < 4.78 is 11.3. The molecule has 0 radical (unpaired) electrons. The minimum absolute atomic E-state index is 0.287. The van der Waals surface area contributed by atoms with Crippen LogP contribution in [0.4, 0.5) is 0 Å². The van der Waals surface area contributed by atoms with Gasteiger partial charge >= 0.3 is 0 Å². The minimum atomic E-state index is -0.287. The molecule has 0 saturated carbocycles. The number of hydrogen-bond donors (Lipinski definition) is 0. The quantitative estimate of drug-likeness (QED) is 0.428. The fraction of sp³-hybridized carbons (Fsp3) is 1.00. The number of hydrogen-bond acceptors (Lipinski definition) is 2. The average molecular weight is 313 g/mol. The zero-order chi connectivity index (χ0) is 16.4. The molecule has 132 valence electrons. The van der Waals surface area contributed by atoms with Gasteiger partial charge in [0.2, 0.25) is 0 Å². The summed E-state index contributed by atoms with van der Waals surface area (Å²) in [6.07, 6.45) is 12.0. The molecule has 1 heterocycles. The monoisotopic (exact) mass is 312 g/mol. The van der Waals surface area contributed by atoms with Crippen LogP contribution in [0.15, 0.2) is 0 Å². The van der Waals surface area contributed by atoms with Crippen LogP contribution in [0.1, 0.15) is 92.4 Å². The average Bonchev–Trinajstić information content (AvgIpc) is 2.85. The van der Waals surface area contributed by atoms with Crippen molar-refractivity contribution in [2.45, 2.75) is 98.2 Å². The van der Waals surface area contributed by atoms with E-state index < -0.39 is 0 Å². The van der Waals surface area contributed by atoms with Gasteiger partial charge in [0.25, 0.3) is 0 Å². The van der Waals surface area contributed by atoms with Crippen LogP contribution in [0.5, 0.6) is 0 Å². The molecule has 0 aliphatic carbocycles. The highest BCUT2D eigenvalue weighted by atomic mass is 16.7. The van der Waals surface area contributed by atoms with Crippen LogP contribution in [-0.4, -0.2) is 19.0 Å². The van der Waals surface area contributed by atoms with Crippen molar-refractivity contribution in [3.8, 4) is 0 Å². The van der Waals surface area contributed by atoms with Gasteiger partial charge in [-0.25, -0.2) is 0 Å². The van der Waals surface area contributed by atoms with Crippen molar-refractivity contribution in [2.75, 3.05) is 13.2 Å². The second kappa shape index (κ2) is 10.6. The van der Waals surface area contributed by atoms with Crippen LogP contribution in [0.2, 0.25) is 0 Å². The van der Waals surface area contributed by atoms with Gasteiger partial charge < -0.3 is 9.47 Å². The highest BCUT2D eigenvalue weighted by Crippen LogP contribution is 2.27. The van der Waals surface area contributed by atoms with Crippen molar-refractivity contribution in [3.63, 3.8) is 0 Å². The molecule has 0 spiro atoms. The van der Waals surface area contributed by atoms with Crippen LogP contribution >= 0.6 is 0 Å². The molecule has 2 heteroatoms. The molecule has 0 amide bonds. The van der Waals surface area contributed by atoms with E-state index in [4.69, 9.17) is 9.47 Å². The molecule has 1 aliphatic heterocycles. The normalized spacial score (nSPS) is 20.5. The fourth-order valence-electron chi connectivity index (χ4n) is 3.45. The third kappa shape index (κ3) is 9.15. The van der Waals surface area contributed by atoms with Crippen LogP contribution in [0.3, 0.4) is 0 Å². The first-order valence-corrected chi connectivity index (χ1v) is 9.69. The molecule has 2 unspecified atom stereocenters. The lowest BCUT2D eigenvalue weighted by atomic mass is 9.91. The predicted molar refractivity (Wildman–Crippen MR) is 95.0 cm³/mol. The lowest BCUT2D eigenvalue weighted by molar-refractivity contribution is -0.147. The first-order valence-electron chi connectivity index (χ1n) is 9.69. The molecule has 1 saturated heterocycles. The van der Waals surface area contributed by atoms with Gasteiger partial charge in [-0.05, 0) is 31.1 Å². The largest absolute Gasteiger partial charge is 0.348 e. The van der Waals surface area contributed by atoms with Crippen molar-refractivity contribution in [1.82, 2.24) is 0 Å². The number of ether oxygens (including phenoxy) is 2. The van der Waals surface area contributed by atoms with E-state index in [1.54, 1.807) is 0 Å². The molecule has 1 aliphatic rings. The molecule has 0 bridgehead atoms. The van der Waals surface area contributed by atoms with E-state index in [0.29, 0.717) is 0 Å². The summed E-state index contributed by atoms with van der Waals surface area (Å²) >= 11 is 0. The summed E-state index contributed by atoms with van der Waals surface area (Å²) in [5, 5.41) is 0. The summed E-state index contributed by atoms with van der Waals surface area (Å²) in [4.78, 5) is 0. The lowest BCUT2D eigenvalue weighted by Gasteiger charge is -2.23. The lowest BCUT2D eigenvalue weighted by Crippen LogP contribution is -2.25. The van der Waals surface area contributed by atoms with E-state index >= 15 is 0 Å². The van der Waals surface area contributed by atoms with Gasteiger partial charge in [-0.3, -0.25) is 0 Å². The Balaban J connectivity index is 1.97. The maximum atomic E-state index is 5.67. The highest BCUT2D eigenvalue weighted by Gasteiger charge is 2.30. The molecular weight excluding hydrogens is 272 g/mol.